The minimum atomic E-state index is -4.63. The van der Waals surface area contributed by atoms with Gasteiger partial charge in [-0.2, -0.15) is 0 Å². The van der Waals surface area contributed by atoms with E-state index in [0.717, 1.165) is 51.4 Å². The lowest BCUT2D eigenvalue weighted by Gasteiger charge is -2.28. The lowest BCUT2D eigenvalue weighted by molar-refractivity contribution is -0.870. The fourth-order valence-electron chi connectivity index (χ4n) is 8.90. The van der Waals surface area contributed by atoms with Gasteiger partial charge in [-0.25, -0.2) is 0 Å². The van der Waals surface area contributed by atoms with Crippen molar-refractivity contribution in [3.8, 4) is 0 Å². The third kappa shape index (κ3) is 57.5. The lowest BCUT2D eigenvalue weighted by Crippen LogP contribution is -2.37. The number of rotatable bonds is 57. The van der Waals surface area contributed by atoms with Crippen molar-refractivity contribution < 1.29 is 42.1 Å². The molecule has 9 nitrogen and oxygen atoms in total. The van der Waals surface area contributed by atoms with Crippen molar-refractivity contribution in [2.24, 2.45) is 0 Å². The average Bonchev–Trinajstić information content (AvgIpc) is 3.34. The maximum atomic E-state index is 12.8. The molecule has 0 rings (SSSR count). The quantitative estimate of drug-likeness (QED) is 0.0195. The van der Waals surface area contributed by atoms with Crippen LogP contribution in [-0.2, 0) is 32.7 Å². The number of likely N-dealkylation sites (N-methyl/N-ethyl adjacent to an activating group) is 1. The summed E-state index contributed by atoms with van der Waals surface area (Å²) >= 11 is 0. The molecule has 0 N–H and O–H groups in total. The maximum absolute atomic E-state index is 12.8. The minimum Gasteiger partial charge on any atom is -0.756 e. The summed E-state index contributed by atoms with van der Waals surface area (Å²) in [5.74, 6) is -0.820. The zero-order chi connectivity index (χ0) is 52.7. The Balaban J connectivity index is 4.11. The first-order valence-corrected chi connectivity index (χ1v) is 32.2. The molecule has 0 spiro atoms. The highest BCUT2D eigenvalue weighted by Gasteiger charge is 2.22. The van der Waals surface area contributed by atoms with Gasteiger partial charge in [-0.3, -0.25) is 14.2 Å². The summed E-state index contributed by atoms with van der Waals surface area (Å²) in [5.41, 5.74) is 0. The molecule has 0 amide bonds. The summed E-state index contributed by atoms with van der Waals surface area (Å²) in [6.07, 6.45) is 66.2. The number of carbonyl (C=O) groups is 2. The first-order valence-electron chi connectivity index (χ1n) is 30.7. The molecule has 0 saturated carbocycles. The van der Waals surface area contributed by atoms with E-state index < -0.39 is 26.5 Å². The normalized spacial score (nSPS) is 13.5. The van der Waals surface area contributed by atoms with Crippen LogP contribution in [0.2, 0.25) is 0 Å². The van der Waals surface area contributed by atoms with E-state index in [0.29, 0.717) is 17.4 Å². The molecule has 2 atom stereocenters. The summed E-state index contributed by atoms with van der Waals surface area (Å²) in [6.45, 7) is 4.28. The molecule has 0 saturated heterocycles. The molecule has 0 fully saturated rings. The Morgan fingerprint density at radius 1 is 0.431 bits per heavy atom. The number of esters is 2. The maximum Gasteiger partial charge on any atom is 0.306 e. The smallest absolute Gasteiger partial charge is 0.306 e. The Labute approximate surface area is 446 Å². The number of carbonyl (C=O) groups excluding carboxylic acids is 2. The van der Waals surface area contributed by atoms with Crippen LogP contribution in [0.25, 0.3) is 0 Å². The van der Waals surface area contributed by atoms with Crippen LogP contribution in [0.1, 0.15) is 296 Å². The molecule has 0 aromatic heterocycles. The molecule has 0 bridgehead atoms. The molecule has 0 heterocycles. The van der Waals surface area contributed by atoms with Gasteiger partial charge < -0.3 is 27.9 Å². The minimum absolute atomic E-state index is 0.0293. The van der Waals surface area contributed by atoms with Gasteiger partial charge in [0, 0.05) is 12.8 Å². The van der Waals surface area contributed by atoms with Gasteiger partial charge in [0.25, 0.3) is 7.82 Å². The lowest BCUT2D eigenvalue weighted by atomic mass is 10.0. The summed E-state index contributed by atoms with van der Waals surface area (Å²) in [7, 11) is 1.18. The van der Waals surface area contributed by atoms with Gasteiger partial charge in [-0.1, -0.05) is 269 Å². The van der Waals surface area contributed by atoms with Gasteiger partial charge in [0.15, 0.2) is 6.10 Å². The number of allylic oxidation sites excluding steroid dienone is 6. The molecule has 0 aliphatic carbocycles. The van der Waals surface area contributed by atoms with Crippen LogP contribution in [0.5, 0.6) is 0 Å². The monoisotopic (exact) mass is 1040 g/mol. The van der Waals surface area contributed by atoms with Crippen molar-refractivity contribution >= 4 is 19.8 Å². The van der Waals surface area contributed by atoms with Gasteiger partial charge >= 0.3 is 11.9 Å². The standard InChI is InChI=1S/C62H118NO8P/c1-6-8-10-12-14-16-18-20-22-24-26-28-29-30-31-32-33-35-37-39-41-43-45-47-49-51-53-55-62(65)71-60(59-70-72(66,67)69-57-56-63(3,4)5)58-68-61(64)54-52-50-48-46-44-42-40-38-36-34-27-25-23-21-19-17-15-13-11-9-7-2/h18,20,24,26,29-30,60H,6-17,19,21-23,25,27-28,31-59H2,1-5H3/b20-18-,26-24-,30-29-. The molecule has 0 aromatic carbocycles. The van der Waals surface area contributed by atoms with Crippen LogP contribution in [0, 0.1) is 0 Å². The molecule has 2 unspecified atom stereocenters. The van der Waals surface area contributed by atoms with E-state index in [9.17, 15) is 19.0 Å². The third-order valence-electron chi connectivity index (χ3n) is 13.7. The predicted octanol–water partition coefficient (Wildman–Crippen LogP) is 18.5. The Morgan fingerprint density at radius 2 is 0.750 bits per heavy atom. The van der Waals surface area contributed by atoms with Crippen LogP contribution in [-0.4, -0.2) is 70.0 Å². The number of unbranched alkanes of at least 4 members (excludes halogenated alkanes) is 37. The van der Waals surface area contributed by atoms with Crippen LogP contribution in [0.4, 0.5) is 0 Å². The van der Waals surface area contributed by atoms with Gasteiger partial charge in [-0.15, -0.1) is 0 Å². The highest BCUT2D eigenvalue weighted by atomic mass is 31.2. The van der Waals surface area contributed by atoms with Crippen molar-refractivity contribution in [2.45, 2.75) is 302 Å². The SMILES string of the molecule is CCCCCCC/C=C\C/C=C\C/C=C\CCCCCCCCCCCCCCC(=O)OC(COC(=O)CCCCCCCCCCCCCCCCCCCCCCC)COP(=O)([O-])OCC[N+](C)(C)C. The molecule has 72 heavy (non-hydrogen) atoms. The summed E-state index contributed by atoms with van der Waals surface area (Å²) < 4.78 is 34.2. The first-order chi connectivity index (χ1) is 35.0. The number of quaternary nitrogens is 1. The first kappa shape index (κ1) is 70.2. The van der Waals surface area contributed by atoms with Gasteiger partial charge in [-0.05, 0) is 51.4 Å². The number of hydrogen-bond acceptors (Lipinski definition) is 8. The summed E-state index contributed by atoms with van der Waals surface area (Å²) in [5, 5.41) is 0. The third-order valence-corrected chi connectivity index (χ3v) is 14.6. The highest BCUT2D eigenvalue weighted by molar-refractivity contribution is 7.45. The molecular formula is C62H118NO8P. The molecule has 0 radical (unpaired) electrons. The van der Waals surface area contributed by atoms with E-state index in [1.807, 2.05) is 21.1 Å². The topological polar surface area (TPSA) is 111 Å². The molecule has 0 aromatic rings. The van der Waals surface area contributed by atoms with Crippen LogP contribution in [0.3, 0.4) is 0 Å². The van der Waals surface area contributed by atoms with Crippen molar-refractivity contribution in [3.05, 3.63) is 36.5 Å². The second-order valence-electron chi connectivity index (χ2n) is 22.1. The second-order valence-corrected chi connectivity index (χ2v) is 23.5. The van der Waals surface area contributed by atoms with E-state index >= 15 is 0 Å². The van der Waals surface area contributed by atoms with E-state index in [-0.39, 0.29) is 32.0 Å². The molecular weight excluding hydrogens is 918 g/mol. The molecule has 424 valence electrons. The molecule has 0 aliphatic heterocycles. The Bertz CT molecular complexity index is 1310. The van der Waals surface area contributed by atoms with Gasteiger partial charge in [0.05, 0.1) is 27.7 Å². The number of phosphoric acid groups is 1. The van der Waals surface area contributed by atoms with Crippen molar-refractivity contribution in [1.82, 2.24) is 0 Å². The largest absolute Gasteiger partial charge is 0.756 e. The van der Waals surface area contributed by atoms with E-state index in [1.54, 1.807) is 0 Å². The van der Waals surface area contributed by atoms with E-state index in [4.69, 9.17) is 18.5 Å². The Kier molecular flexibility index (Phi) is 52.7. The number of nitrogens with zero attached hydrogens (tertiary/aromatic N) is 1. The van der Waals surface area contributed by atoms with Crippen LogP contribution >= 0.6 is 7.82 Å². The highest BCUT2D eigenvalue weighted by Crippen LogP contribution is 2.38. The van der Waals surface area contributed by atoms with Gasteiger partial charge in [0.1, 0.15) is 19.8 Å². The summed E-state index contributed by atoms with van der Waals surface area (Å²) in [4.78, 5) is 37.9. The number of hydrogen-bond donors (Lipinski definition) is 0. The van der Waals surface area contributed by atoms with E-state index in [1.165, 1.54) is 212 Å². The fraction of sp³-hybridized carbons (Fsp3) is 0.871. The summed E-state index contributed by atoms with van der Waals surface area (Å²) in [6, 6.07) is 0. The van der Waals surface area contributed by atoms with Crippen molar-refractivity contribution in [1.29, 1.82) is 0 Å². The van der Waals surface area contributed by atoms with Crippen molar-refractivity contribution in [2.75, 3.05) is 47.5 Å². The predicted molar refractivity (Wildman–Crippen MR) is 305 cm³/mol. The van der Waals surface area contributed by atoms with E-state index in [2.05, 4.69) is 50.3 Å². The average molecular weight is 1040 g/mol. The van der Waals surface area contributed by atoms with Crippen molar-refractivity contribution in [3.63, 3.8) is 0 Å². The zero-order valence-electron chi connectivity index (χ0n) is 48.1. The Hall–Kier alpha value is -1.77. The number of ether oxygens (including phenoxy) is 2. The molecule has 0 aliphatic rings. The fourth-order valence-corrected chi connectivity index (χ4v) is 9.63. The van der Waals surface area contributed by atoms with Crippen LogP contribution < -0.4 is 4.89 Å². The zero-order valence-corrected chi connectivity index (χ0v) is 49.0. The number of phosphoric ester groups is 1. The second kappa shape index (κ2) is 54.0. The van der Waals surface area contributed by atoms with Crippen LogP contribution in [0.15, 0.2) is 36.5 Å². The van der Waals surface area contributed by atoms with Gasteiger partial charge in [0.2, 0.25) is 0 Å². The Morgan fingerprint density at radius 3 is 1.11 bits per heavy atom. The molecule has 10 heteroatoms.